The Bertz CT molecular complexity index is 191. The molecule has 0 atom stereocenters. The molecule has 0 aliphatic rings. The van der Waals surface area contributed by atoms with Crippen LogP contribution < -0.4 is 11.5 Å². The third kappa shape index (κ3) is 44.1. The zero-order chi connectivity index (χ0) is 10.1. The Hall–Kier alpha value is -2.05. The van der Waals surface area contributed by atoms with E-state index in [0.29, 0.717) is 12.2 Å². The molecule has 12 heavy (non-hydrogen) atoms. The first-order valence-electron chi connectivity index (χ1n) is 2.59. The molecule has 0 rings (SSSR count). The normalized spacial score (nSPS) is 8.33. The van der Waals surface area contributed by atoms with Crippen molar-refractivity contribution >= 4 is 17.9 Å². The second-order valence-corrected chi connectivity index (χ2v) is 1.47. The maximum absolute atomic E-state index is 9.55. The number of carboxylic acid groups (broad SMARTS) is 2. The lowest BCUT2D eigenvalue weighted by Crippen LogP contribution is -2.20. The van der Waals surface area contributed by atoms with E-state index >= 15 is 0 Å². The fraction of sp³-hybridized carbons (Fsp3) is 0. The molecule has 0 aliphatic heterocycles. The summed E-state index contributed by atoms with van der Waals surface area (Å²) in [5.74, 6) is -2.85. The minimum absolute atomic E-state index is 0.333. The molecule has 0 fully saturated rings. The molecule has 0 aromatic rings. The number of rotatable bonds is 2. The third-order valence-corrected chi connectivity index (χ3v) is 0.368. The van der Waals surface area contributed by atoms with Gasteiger partial charge in [0, 0.05) is 12.2 Å². The minimum Gasteiger partial charge on any atom is -0.478 e. The van der Waals surface area contributed by atoms with Gasteiger partial charge in [-0.2, -0.15) is 0 Å². The number of guanidine groups is 1. The van der Waals surface area contributed by atoms with Gasteiger partial charge in [-0.1, -0.05) is 0 Å². The van der Waals surface area contributed by atoms with Crippen molar-refractivity contribution in [2.45, 2.75) is 0 Å². The Labute approximate surface area is 67.8 Å². The van der Waals surface area contributed by atoms with Crippen molar-refractivity contribution in [3.05, 3.63) is 12.2 Å². The van der Waals surface area contributed by atoms with E-state index in [1.165, 1.54) is 0 Å². The molecule has 7 heteroatoms. The van der Waals surface area contributed by atoms with Crippen LogP contribution in [0.3, 0.4) is 0 Å². The molecular formula is C5H9N3O4. The molecule has 0 spiro atoms. The molecule has 0 bridgehead atoms. The highest BCUT2D eigenvalue weighted by atomic mass is 16.4. The van der Waals surface area contributed by atoms with E-state index in [4.69, 9.17) is 15.6 Å². The van der Waals surface area contributed by atoms with Gasteiger partial charge in [0.15, 0.2) is 5.96 Å². The number of nitrogens with two attached hydrogens (primary N) is 2. The summed E-state index contributed by atoms with van der Waals surface area (Å²) >= 11 is 0. The average Bonchev–Trinajstić information content (AvgIpc) is 1.82. The molecule has 0 saturated heterocycles. The molecule has 0 aromatic heterocycles. The van der Waals surface area contributed by atoms with Crippen molar-refractivity contribution in [3.8, 4) is 0 Å². The van der Waals surface area contributed by atoms with Crippen LogP contribution in [0.4, 0.5) is 0 Å². The summed E-state index contributed by atoms with van der Waals surface area (Å²) in [6.45, 7) is 0. The van der Waals surface area contributed by atoms with Gasteiger partial charge in [-0.15, -0.1) is 0 Å². The number of nitrogens with one attached hydrogen (secondary N) is 1. The molecule has 0 radical (unpaired) electrons. The zero-order valence-electron chi connectivity index (χ0n) is 6.02. The van der Waals surface area contributed by atoms with Crippen LogP contribution in [0.1, 0.15) is 0 Å². The molecule has 7 nitrogen and oxygen atoms in total. The van der Waals surface area contributed by atoms with Crippen LogP contribution >= 0.6 is 0 Å². The number of aliphatic carboxylic acids is 2. The van der Waals surface area contributed by atoms with Gasteiger partial charge < -0.3 is 21.7 Å². The van der Waals surface area contributed by atoms with Crippen LogP contribution in [0.25, 0.3) is 0 Å². The van der Waals surface area contributed by atoms with Crippen molar-refractivity contribution in [1.29, 1.82) is 5.41 Å². The number of carbonyl (C=O) groups is 2. The molecule has 0 heterocycles. The maximum atomic E-state index is 9.55. The topological polar surface area (TPSA) is 150 Å². The molecule has 68 valence electrons. The summed E-state index contributed by atoms with van der Waals surface area (Å²) < 4.78 is 0. The van der Waals surface area contributed by atoms with Gasteiger partial charge >= 0.3 is 11.9 Å². The second kappa shape index (κ2) is 7.06. The first kappa shape index (κ1) is 12.6. The predicted molar refractivity (Wildman–Crippen MR) is 40.5 cm³/mol. The maximum Gasteiger partial charge on any atom is 0.328 e. The van der Waals surface area contributed by atoms with Crippen molar-refractivity contribution in [1.82, 2.24) is 0 Å². The summed E-state index contributed by atoms with van der Waals surface area (Å²) in [5.41, 5.74) is 8.94. The van der Waals surface area contributed by atoms with E-state index < -0.39 is 11.9 Å². The molecule has 0 aromatic carbocycles. The van der Waals surface area contributed by atoms with Crippen molar-refractivity contribution < 1.29 is 19.8 Å². The Morgan fingerprint density at radius 1 is 1.08 bits per heavy atom. The number of hydrogen-bond acceptors (Lipinski definition) is 3. The summed E-state index contributed by atoms with van der Waals surface area (Å²) in [6, 6.07) is 0. The van der Waals surface area contributed by atoms with E-state index in [1.54, 1.807) is 0 Å². The highest BCUT2D eigenvalue weighted by Crippen LogP contribution is 1.70. The van der Waals surface area contributed by atoms with Crippen LogP contribution in [-0.4, -0.2) is 28.1 Å². The Morgan fingerprint density at radius 3 is 1.33 bits per heavy atom. The molecule has 0 unspecified atom stereocenters. The van der Waals surface area contributed by atoms with Gasteiger partial charge in [0.2, 0.25) is 0 Å². The van der Waals surface area contributed by atoms with Crippen LogP contribution in [0, 0.1) is 5.41 Å². The van der Waals surface area contributed by atoms with Gasteiger partial charge in [0.1, 0.15) is 0 Å². The highest BCUT2D eigenvalue weighted by molar-refractivity contribution is 5.89. The van der Waals surface area contributed by atoms with E-state index in [-0.39, 0.29) is 5.96 Å². The zero-order valence-corrected chi connectivity index (χ0v) is 6.02. The minimum atomic E-state index is -1.26. The number of carboxylic acids is 2. The monoisotopic (exact) mass is 175 g/mol. The average molecular weight is 175 g/mol. The van der Waals surface area contributed by atoms with Crippen LogP contribution in [0.15, 0.2) is 12.2 Å². The van der Waals surface area contributed by atoms with Crippen LogP contribution in [0.5, 0.6) is 0 Å². The summed E-state index contributed by atoms with van der Waals surface area (Å²) in [7, 11) is 0. The Kier molecular flexibility index (Phi) is 7.42. The molecule has 7 N–H and O–H groups in total. The smallest absolute Gasteiger partial charge is 0.328 e. The van der Waals surface area contributed by atoms with E-state index in [0.717, 1.165) is 0 Å². The van der Waals surface area contributed by atoms with Crippen LogP contribution in [-0.2, 0) is 9.59 Å². The molecule has 0 aliphatic carbocycles. The fourth-order valence-corrected chi connectivity index (χ4v) is 0.143. The van der Waals surface area contributed by atoms with Crippen molar-refractivity contribution in [2.24, 2.45) is 11.5 Å². The van der Waals surface area contributed by atoms with Gasteiger partial charge in [-0.25, -0.2) is 9.59 Å². The lowest BCUT2D eigenvalue weighted by Gasteiger charge is -1.74. The van der Waals surface area contributed by atoms with Gasteiger partial charge in [-0.05, 0) is 0 Å². The summed E-state index contributed by atoms with van der Waals surface area (Å²) in [5, 5.41) is 21.7. The van der Waals surface area contributed by atoms with E-state index in [2.05, 4.69) is 11.5 Å². The standard InChI is InChI=1S/C4H4O4.CH5N3/c5-3(6)1-2-4(7)8;2-1(3)4/h1-2H,(H,5,6)(H,7,8);(H5,2,3,4)/b2-1+;. The lowest BCUT2D eigenvalue weighted by atomic mass is 10.5. The SMILES string of the molecule is N=C(N)N.O=C(O)/C=C/C(=O)O. The molecule has 0 amide bonds. The quantitative estimate of drug-likeness (QED) is 0.197. The fourth-order valence-electron chi connectivity index (χ4n) is 0.143. The first-order chi connectivity index (χ1) is 5.36. The van der Waals surface area contributed by atoms with Crippen molar-refractivity contribution in [2.75, 3.05) is 0 Å². The van der Waals surface area contributed by atoms with Crippen molar-refractivity contribution in [3.63, 3.8) is 0 Å². The lowest BCUT2D eigenvalue weighted by molar-refractivity contribution is -0.134. The van der Waals surface area contributed by atoms with Gasteiger partial charge in [-0.3, -0.25) is 5.41 Å². The van der Waals surface area contributed by atoms with Gasteiger partial charge in [0.25, 0.3) is 0 Å². The summed E-state index contributed by atoms with van der Waals surface area (Å²) in [6.07, 6.45) is 1.12. The first-order valence-corrected chi connectivity index (χ1v) is 2.59. The largest absolute Gasteiger partial charge is 0.478 e. The molecule has 0 saturated carbocycles. The van der Waals surface area contributed by atoms with E-state index in [1.807, 2.05) is 0 Å². The second-order valence-electron chi connectivity index (χ2n) is 1.47. The van der Waals surface area contributed by atoms with Gasteiger partial charge in [0.05, 0.1) is 0 Å². The Morgan fingerprint density at radius 2 is 1.25 bits per heavy atom. The van der Waals surface area contributed by atoms with E-state index in [9.17, 15) is 9.59 Å². The highest BCUT2D eigenvalue weighted by Gasteiger charge is 1.88. The molecular weight excluding hydrogens is 166 g/mol. The summed E-state index contributed by atoms with van der Waals surface area (Å²) in [4.78, 5) is 19.1. The predicted octanol–water partition coefficient (Wildman–Crippen LogP) is -1.45. The third-order valence-electron chi connectivity index (χ3n) is 0.368. The Balaban J connectivity index is 0. The van der Waals surface area contributed by atoms with Crippen LogP contribution in [0.2, 0.25) is 0 Å². The number of hydrogen-bond donors (Lipinski definition) is 5.